The fourth-order valence-corrected chi connectivity index (χ4v) is 2.09. The van der Waals surface area contributed by atoms with Gasteiger partial charge in [-0.05, 0) is 19.3 Å². The van der Waals surface area contributed by atoms with Gasteiger partial charge in [-0.25, -0.2) is 0 Å². The highest BCUT2D eigenvalue weighted by atomic mass is 16.7. The largest absolute Gasteiger partial charge is 0.344 e. The molecule has 0 saturated carbocycles. The van der Waals surface area contributed by atoms with Crippen LogP contribution in [0.4, 0.5) is 0 Å². The molecule has 19 heavy (non-hydrogen) atoms. The summed E-state index contributed by atoms with van der Waals surface area (Å²) < 4.78 is 0. The Morgan fingerprint density at radius 3 is 1.79 bits per heavy atom. The first kappa shape index (κ1) is 18.6. The van der Waals surface area contributed by atoms with E-state index in [4.69, 9.17) is 15.3 Å². The molecule has 0 saturated heterocycles. The predicted octanol–water partition coefficient (Wildman–Crippen LogP) is 2.89. The number of rotatable bonds is 13. The normalized spacial score (nSPS) is 11.8. The van der Waals surface area contributed by atoms with E-state index >= 15 is 0 Å². The second-order valence-electron chi connectivity index (χ2n) is 5.39. The Morgan fingerprint density at radius 2 is 1.26 bits per heavy atom. The lowest BCUT2D eigenvalue weighted by molar-refractivity contribution is -0.315. The van der Waals surface area contributed by atoms with E-state index in [1.807, 2.05) is 0 Å². The van der Waals surface area contributed by atoms with Crippen LogP contribution in [0.5, 0.6) is 0 Å². The Balaban J connectivity index is 3.26. The highest BCUT2D eigenvalue weighted by Crippen LogP contribution is 2.12. The zero-order chi connectivity index (χ0) is 14.6. The molecule has 0 fully saturated rings. The maximum Gasteiger partial charge on any atom is 0.275 e. The zero-order valence-corrected chi connectivity index (χ0v) is 12.2. The van der Waals surface area contributed by atoms with Crippen molar-refractivity contribution < 1.29 is 20.1 Å². The van der Waals surface area contributed by atoms with Crippen LogP contribution in [0.15, 0.2) is 0 Å². The molecule has 4 heteroatoms. The number of carbonyl (C=O) groups is 1. The summed E-state index contributed by atoms with van der Waals surface area (Å²) in [5, 5.41) is 26.0. The highest BCUT2D eigenvalue weighted by Gasteiger charge is 2.16. The van der Waals surface area contributed by atoms with Crippen molar-refractivity contribution in [1.29, 1.82) is 0 Å². The number of hydrogen-bond acceptors (Lipinski definition) is 4. The number of hydrogen-bond donors (Lipinski definition) is 3. The summed E-state index contributed by atoms with van der Waals surface area (Å²) in [6, 6.07) is 0. The molecule has 0 amide bonds. The van der Waals surface area contributed by atoms with Gasteiger partial charge in [-0.15, -0.1) is 0 Å². The average molecular weight is 274 g/mol. The SMILES string of the molecule is CCCCCCCCCC(=O)CCCCC(O)(O)O. The molecule has 0 bridgehead atoms. The Morgan fingerprint density at radius 1 is 0.789 bits per heavy atom. The van der Waals surface area contributed by atoms with E-state index in [-0.39, 0.29) is 12.2 Å². The van der Waals surface area contributed by atoms with Gasteiger partial charge < -0.3 is 15.3 Å². The minimum absolute atomic E-state index is 0.0995. The molecule has 0 heterocycles. The summed E-state index contributed by atoms with van der Waals surface area (Å²) in [5.41, 5.74) is 0. The molecular formula is C15H30O4. The van der Waals surface area contributed by atoms with Gasteiger partial charge in [0, 0.05) is 19.3 Å². The van der Waals surface area contributed by atoms with Crippen LogP contribution in [0.3, 0.4) is 0 Å². The van der Waals surface area contributed by atoms with E-state index in [9.17, 15) is 4.79 Å². The standard InChI is InChI=1S/C15H30O4/c1-2-3-4-5-6-7-8-11-14(16)12-9-10-13-15(17,18)19/h17-19H,2-13H2,1H3. The summed E-state index contributed by atoms with van der Waals surface area (Å²) in [4.78, 5) is 11.5. The summed E-state index contributed by atoms with van der Waals surface area (Å²) in [5.74, 6) is -2.34. The van der Waals surface area contributed by atoms with Crippen LogP contribution in [-0.2, 0) is 4.79 Å². The molecule has 0 spiro atoms. The third-order valence-corrected chi connectivity index (χ3v) is 3.28. The predicted molar refractivity (Wildman–Crippen MR) is 75.5 cm³/mol. The van der Waals surface area contributed by atoms with Gasteiger partial charge in [-0.3, -0.25) is 4.79 Å². The van der Waals surface area contributed by atoms with E-state index in [2.05, 4.69) is 6.92 Å². The minimum Gasteiger partial charge on any atom is -0.344 e. The quantitative estimate of drug-likeness (QED) is 0.356. The molecule has 0 unspecified atom stereocenters. The fourth-order valence-electron chi connectivity index (χ4n) is 2.09. The molecule has 0 aromatic carbocycles. The van der Waals surface area contributed by atoms with Crippen LogP contribution in [0, 0.1) is 0 Å². The first-order valence-corrected chi connectivity index (χ1v) is 7.64. The van der Waals surface area contributed by atoms with Crippen LogP contribution in [-0.4, -0.2) is 27.1 Å². The number of carbonyl (C=O) groups excluding carboxylic acids is 1. The van der Waals surface area contributed by atoms with Crippen LogP contribution in [0.1, 0.15) is 84.0 Å². The number of ketones is 1. The Labute approximate surface area is 116 Å². The van der Waals surface area contributed by atoms with Crippen molar-refractivity contribution in [2.75, 3.05) is 0 Å². The lowest BCUT2D eigenvalue weighted by atomic mass is 10.0. The highest BCUT2D eigenvalue weighted by molar-refractivity contribution is 5.78. The third kappa shape index (κ3) is 15.5. The summed E-state index contributed by atoms with van der Waals surface area (Å²) >= 11 is 0. The average Bonchev–Trinajstić information content (AvgIpc) is 2.32. The molecule has 0 rings (SSSR count). The topological polar surface area (TPSA) is 77.8 Å². The molecule has 0 aromatic rings. The van der Waals surface area contributed by atoms with Crippen molar-refractivity contribution in [2.45, 2.75) is 89.9 Å². The molecule has 4 nitrogen and oxygen atoms in total. The van der Waals surface area contributed by atoms with Gasteiger partial charge in [0.2, 0.25) is 0 Å². The van der Waals surface area contributed by atoms with Crippen molar-refractivity contribution in [3.8, 4) is 0 Å². The monoisotopic (exact) mass is 274 g/mol. The van der Waals surface area contributed by atoms with E-state index in [0.29, 0.717) is 25.7 Å². The van der Waals surface area contributed by atoms with Crippen LogP contribution < -0.4 is 0 Å². The Bertz CT molecular complexity index is 221. The smallest absolute Gasteiger partial charge is 0.275 e. The molecule has 0 aliphatic rings. The Hall–Kier alpha value is -0.450. The second kappa shape index (κ2) is 11.4. The third-order valence-electron chi connectivity index (χ3n) is 3.28. The molecule has 0 aliphatic carbocycles. The van der Waals surface area contributed by atoms with Gasteiger partial charge in [0.25, 0.3) is 5.97 Å². The van der Waals surface area contributed by atoms with Crippen molar-refractivity contribution in [3.05, 3.63) is 0 Å². The van der Waals surface area contributed by atoms with Gasteiger partial charge in [-0.2, -0.15) is 0 Å². The van der Waals surface area contributed by atoms with Gasteiger partial charge in [-0.1, -0.05) is 45.4 Å². The molecule has 0 atom stereocenters. The maximum atomic E-state index is 11.5. The molecule has 0 radical (unpaired) electrons. The maximum absolute atomic E-state index is 11.5. The van der Waals surface area contributed by atoms with Gasteiger partial charge in [0.1, 0.15) is 5.78 Å². The summed E-state index contributed by atoms with van der Waals surface area (Å²) in [6.45, 7) is 2.20. The van der Waals surface area contributed by atoms with E-state index in [0.717, 1.165) is 12.8 Å². The van der Waals surface area contributed by atoms with Crippen LogP contribution in [0.2, 0.25) is 0 Å². The number of aliphatic hydroxyl groups is 3. The number of Topliss-reactive ketones (excluding diaryl/α,β-unsaturated/α-hetero) is 1. The first-order valence-electron chi connectivity index (χ1n) is 7.64. The lowest BCUT2D eigenvalue weighted by Crippen LogP contribution is -2.26. The van der Waals surface area contributed by atoms with E-state index < -0.39 is 5.97 Å². The van der Waals surface area contributed by atoms with E-state index in [1.54, 1.807) is 0 Å². The first-order chi connectivity index (χ1) is 8.95. The fraction of sp³-hybridized carbons (Fsp3) is 0.933. The van der Waals surface area contributed by atoms with Crippen molar-refractivity contribution in [1.82, 2.24) is 0 Å². The van der Waals surface area contributed by atoms with Gasteiger partial charge >= 0.3 is 0 Å². The molecule has 0 aliphatic heterocycles. The summed E-state index contributed by atoms with van der Waals surface area (Å²) in [6.07, 6.45) is 10.5. The molecular weight excluding hydrogens is 244 g/mol. The lowest BCUT2D eigenvalue weighted by Gasteiger charge is -2.12. The van der Waals surface area contributed by atoms with Crippen LogP contribution in [0.25, 0.3) is 0 Å². The van der Waals surface area contributed by atoms with E-state index in [1.165, 1.54) is 32.1 Å². The van der Waals surface area contributed by atoms with Crippen LogP contribution >= 0.6 is 0 Å². The minimum atomic E-state index is -2.58. The van der Waals surface area contributed by atoms with Crippen molar-refractivity contribution in [2.24, 2.45) is 0 Å². The Kier molecular flexibility index (Phi) is 11.1. The zero-order valence-electron chi connectivity index (χ0n) is 12.2. The molecule has 114 valence electrons. The van der Waals surface area contributed by atoms with Gasteiger partial charge in [0.05, 0.1) is 0 Å². The van der Waals surface area contributed by atoms with Crippen molar-refractivity contribution in [3.63, 3.8) is 0 Å². The molecule has 0 aromatic heterocycles. The second-order valence-corrected chi connectivity index (χ2v) is 5.39. The van der Waals surface area contributed by atoms with Crippen molar-refractivity contribution >= 4 is 5.78 Å². The summed E-state index contributed by atoms with van der Waals surface area (Å²) in [7, 11) is 0. The van der Waals surface area contributed by atoms with Gasteiger partial charge in [0.15, 0.2) is 0 Å². The molecule has 3 N–H and O–H groups in total. The number of unbranched alkanes of at least 4 members (excludes halogenated alkanes) is 7.